The van der Waals surface area contributed by atoms with E-state index in [1.54, 1.807) is 4.31 Å². The molecule has 3 nitrogen and oxygen atoms in total. The van der Waals surface area contributed by atoms with Gasteiger partial charge in [-0.25, -0.2) is 12.7 Å². The Kier molecular flexibility index (Phi) is 5.47. The summed E-state index contributed by atoms with van der Waals surface area (Å²) in [5, 5.41) is 0. The van der Waals surface area contributed by atoms with Crippen molar-refractivity contribution in [3.05, 3.63) is 35.4 Å². The molecule has 20 heavy (non-hydrogen) atoms. The zero-order valence-electron chi connectivity index (χ0n) is 11.9. The van der Waals surface area contributed by atoms with Crippen molar-refractivity contribution in [2.75, 3.05) is 13.1 Å². The summed E-state index contributed by atoms with van der Waals surface area (Å²) in [7, 11) is -3.21. The highest BCUT2D eigenvalue weighted by molar-refractivity contribution is 7.88. The first-order valence-electron chi connectivity index (χ1n) is 7.16. The van der Waals surface area contributed by atoms with Crippen LogP contribution < -0.4 is 0 Å². The molecule has 0 radical (unpaired) electrons. The molecule has 112 valence electrons. The van der Waals surface area contributed by atoms with E-state index >= 15 is 0 Å². The summed E-state index contributed by atoms with van der Waals surface area (Å²) in [6.07, 6.45) is 3.19. The number of sulfonamides is 1. The molecule has 5 heteroatoms. The van der Waals surface area contributed by atoms with Gasteiger partial charge in [0, 0.05) is 19.0 Å². The lowest BCUT2D eigenvalue weighted by molar-refractivity contribution is 0.395. The quantitative estimate of drug-likeness (QED) is 0.690. The number of nitrogens with zero attached hydrogens (tertiary/aromatic N) is 1. The molecule has 1 fully saturated rings. The van der Waals surface area contributed by atoms with Crippen molar-refractivity contribution in [3.8, 4) is 0 Å². The zero-order chi connectivity index (χ0) is 14.6. The summed E-state index contributed by atoms with van der Waals surface area (Å²) < 4.78 is 26.7. The fraction of sp³-hybridized carbons (Fsp3) is 0.600. The third-order valence-electron chi connectivity index (χ3n) is 3.55. The first-order valence-corrected chi connectivity index (χ1v) is 9.31. The van der Waals surface area contributed by atoms with Crippen LogP contribution in [0.15, 0.2) is 24.3 Å². The van der Waals surface area contributed by atoms with E-state index in [0.717, 1.165) is 17.5 Å². The Morgan fingerprint density at radius 3 is 2.30 bits per heavy atom. The monoisotopic (exact) mass is 315 g/mol. The minimum absolute atomic E-state index is 0.0856. The molecule has 0 spiro atoms. The molecule has 0 N–H and O–H groups in total. The van der Waals surface area contributed by atoms with E-state index in [2.05, 4.69) is 0 Å². The lowest BCUT2D eigenvalue weighted by Gasteiger charge is -2.21. The fourth-order valence-electron chi connectivity index (χ4n) is 2.21. The normalized spacial score (nSPS) is 15.8. The van der Waals surface area contributed by atoms with Gasteiger partial charge in [0.05, 0.1) is 5.75 Å². The van der Waals surface area contributed by atoms with Crippen LogP contribution in [0.1, 0.15) is 37.3 Å². The average molecular weight is 316 g/mol. The molecule has 1 aromatic carbocycles. The van der Waals surface area contributed by atoms with Crippen LogP contribution in [0.25, 0.3) is 0 Å². The molecule has 1 saturated carbocycles. The third-order valence-corrected chi connectivity index (χ3v) is 5.68. The number of hydrogen-bond acceptors (Lipinski definition) is 2. The molecule has 0 aromatic heterocycles. The first-order chi connectivity index (χ1) is 9.55. The fourth-order valence-corrected chi connectivity index (χ4v) is 4.08. The standard InChI is InChI=1S/C15H22ClNO2S/c1-2-9-17(11-14-5-6-14)20(18,19)12-15-7-3-13(10-16)4-8-15/h3-4,7-8,14H,2,5-6,9-12H2,1H3. The van der Waals surface area contributed by atoms with Gasteiger partial charge in [0.1, 0.15) is 0 Å². The minimum Gasteiger partial charge on any atom is -0.212 e. The Morgan fingerprint density at radius 2 is 1.80 bits per heavy atom. The van der Waals surface area contributed by atoms with Gasteiger partial charge in [-0.3, -0.25) is 0 Å². The highest BCUT2D eigenvalue weighted by Crippen LogP contribution is 2.31. The number of halogens is 1. The van der Waals surface area contributed by atoms with Crippen molar-refractivity contribution < 1.29 is 8.42 Å². The molecule has 0 saturated heterocycles. The van der Waals surface area contributed by atoms with Gasteiger partial charge in [0.2, 0.25) is 10.0 Å². The highest BCUT2D eigenvalue weighted by atomic mass is 35.5. The van der Waals surface area contributed by atoms with Gasteiger partial charge < -0.3 is 0 Å². The molecule has 0 amide bonds. The van der Waals surface area contributed by atoms with Crippen molar-refractivity contribution in [3.63, 3.8) is 0 Å². The minimum atomic E-state index is -3.21. The maximum Gasteiger partial charge on any atom is 0.218 e. The van der Waals surface area contributed by atoms with Crippen molar-refractivity contribution in [1.82, 2.24) is 4.31 Å². The lowest BCUT2D eigenvalue weighted by atomic mass is 10.2. The molecule has 0 aliphatic heterocycles. The van der Waals surface area contributed by atoms with Crippen LogP contribution in [0.2, 0.25) is 0 Å². The largest absolute Gasteiger partial charge is 0.218 e. The predicted molar refractivity (Wildman–Crippen MR) is 83.2 cm³/mol. The molecule has 0 heterocycles. The van der Waals surface area contributed by atoms with Crippen molar-refractivity contribution in [1.29, 1.82) is 0 Å². The summed E-state index contributed by atoms with van der Waals surface area (Å²) in [6.45, 7) is 3.33. The predicted octanol–water partition coefficient (Wildman–Crippen LogP) is 3.38. The maximum atomic E-state index is 12.5. The summed E-state index contributed by atoms with van der Waals surface area (Å²) in [4.78, 5) is 0. The molecule has 0 bridgehead atoms. The molecule has 1 aliphatic carbocycles. The number of benzene rings is 1. The van der Waals surface area contributed by atoms with Gasteiger partial charge in [-0.1, -0.05) is 31.2 Å². The molecule has 1 aliphatic rings. The molecule has 0 unspecified atom stereocenters. The second-order valence-electron chi connectivity index (χ2n) is 5.51. The molecule has 2 rings (SSSR count). The van der Waals surface area contributed by atoms with Crippen LogP contribution in [0, 0.1) is 5.92 Å². The smallest absolute Gasteiger partial charge is 0.212 e. The molecule has 1 aromatic rings. The van der Waals surface area contributed by atoms with Crippen molar-refractivity contribution >= 4 is 21.6 Å². The van der Waals surface area contributed by atoms with Crippen LogP contribution in [0.4, 0.5) is 0 Å². The van der Waals surface area contributed by atoms with E-state index in [1.807, 2.05) is 31.2 Å². The Labute approximate surface area is 127 Å². The van der Waals surface area contributed by atoms with E-state index in [-0.39, 0.29) is 5.75 Å². The molecule has 0 atom stereocenters. The van der Waals surface area contributed by atoms with E-state index in [4.69, 9.17) is 11.6 Å². The first kappa shape index (κ1) is 15.8. The van der Waals surface area contributed by atoms with Crippen LogP contribution in [-0.2, 0) is 21.7 Å². The van der Waals surface area contributed by atoms with E-state index in [9.17, 15) is 8.42 Å². The van der Waals surface area contributed by atoms with Crippen LogP contribution in [0.3, 0.4) is 0 Å². The van der Waals surface area contributed by atoms with Gasteiger partial charge in [-0.2, -0.15) is 0 Å². The van der Waals surface area contributed by atoms with Gasteiger partial charge in [0.25, 0.3) is 0 Å². The summed E-state index contributed by atoms with van der Waals surface area (Å²) >= 11 is 5.74. The Morgan fingerprint density at radius 1 is 1.20 bits per heavy atom. The van der Waals surface area contributed by atoms with Gasteiger partial charge >= 0.3 is 0 Å². The number of alkyl halides is 1. The maximum absolute atomic E-state index is 12.5. The molecular weight excluding hydrogens is 294 g/mol. The Hall–Kier alpha value is -0.580. The summed E-state index contributed by atoms with van der Waals surface area (Å²) in [5.74, 6) is 1.12. The van der Waals surface area contributed by atoms with Crippen molar-refractivity contribution in [2.45, 2.75) is 37.8 Å². The van der Waals surface area contributed by atoms with Gasteiger partial charge in [0.15, 0.2) is 0 Å². The van der Waals surface area contributed by atoms with Crippen LogP contribution >= 0.6 is 11.6 Å². The molecular formula is C15H22ClNO2S. The highest BCUT2D eigenvalue weighted by Gasteiger charge is 2.30. The van der Waals surface area contributed by atoms with Crippen molar-refractivity contribution in [2.24, 2.45) is 5.92 Å². The third kappa shape index (κ3) is 4.47. The summed E-state index contributed by atoms with van der Waals surface area (Å²) in [5.41, 5.74) is 1.84. The van der Waals surface area contributed by atoms with E-state index in [1.165, 1.54) is 12.8 Å². The van der Waals surface area contributed by atoms with E-state index in [0.29, 0.717) is 24.9 Å². The Balaban J connectivity index is 2.06. The Bertz CT molecular complexity index is 523. The SMILES string of the molecule is CCCN(CC1CC1)S(=O)(=O)Cc1ccc(CCl)cc1. The van der Waals surface area contributed by atoms with Crippen LogP contribution in [-0.4, -0.2) is 25.8 Å². The lowest BCUT2D eigenvalue weighted by Crippen LogP contribution is -2.34. The number of rotatable bonds is 8. The topological polar surface area (TPSA) is 37.4 Å². The van der Waals surface area contributed by atoms with Crippen LogP contribution in [0.5, 0.6) is 0 Å². The summed E-state index contributed by atoms with van der Waals surface area (Å²) in [6, 6.07) is 7.50. The van der Waals surface area contributed by atoms with Gasteiger partial charge in [-0.05, 0) is 36.3 Å². The average Bonchev–Trinajstić information content (AvgIpc) is 3.23. The van der Waals surface area contributed by atoms with Gasteiger partial charge in [-0.15, -0.1) is 11.6 Å². The number of hydrogen-bond donors (Lipinski definition) is 0. The zero-order valence-corrected chi connectivity index (χ0v) is 13.5. The van der Waals surface area contributed by atoms with E-state index < -0.39 is 10.0 Å². The second-order valence-corrected chi connectivity index (χ2v) is 7.74. The second kappa shape index (κ2) is 6.92.